The molecule has 0 bridgehead atoms. The van der Waals surface area contributed by atoms with E-state index < -0.39 is 0 Å². The number of aromatic nitrogens is 2. The fourth-order valence-corrected chi connectivity index (χ4v) is 4.33. The maximum Gasteiger partial charge on any atom is 0.151 e. The Balaban J connectivity index is 1.40. The molecular weight excluding hydrogens is 330 g/mol. The highest BCUT2D eigenvalue weighted by atomic mass is 32.1. The molecule has 0 amide bonds. The lowest BCUT2D eigenvalue weighted by Gasteiger charge is -2.35. The van der Waals surface area contributed by atoms with Crippen molar-refractivity contribution in [2.45, 2.75) is 44.7 Å². The molecule has 130 valence electrons. The monoisotopic (exact) mass is 353 g/mol. The molecule has 5 heteroatoms. The van der Waals surface area contributed by atoms with E-state index in [-0.39, 0.29) is 0 Å². The summed E-state index contributed by atoms with van der Waals surface area (Å²) in [6, 6.07) is 11.0. The van der Waals surface area contributed by atoms with Crippen LogP contribution in [-0.2, 0) is 13.0 Å². The number of pyridine rings is 1. The van der Waals surface area contributed by atoms with E-state index in [1.54, 1.807) is 12.4 Å². The van der Waals surface area contributed by atoms with Crippen LogP contribution in [0, 0.1) is 0 Å². The third-order valence-corrected chi connectivity index (χ3v) is 5.88. The van der Waals surface area contributed by atoms with E-state index in [0.717, 1.165) is 30.1 Å². The van der Waals surface area contributed by atoms with Crippen LogP contribution in [0.15, 0.2) is 52.6 Å². The SMILES string of the molecule is c1csc(CCC2CCCCN2Cc2cc(-c3ccncc3)no2)c1. The van der Waals surface area contributed by atoms with Crippen molar-refractivity contribution in [2.24, 2.45) is 0 Å². The first kappa shape index (κ1) is 16.5. The molecule has 1 unspecified atom stereocenters. The lowest BCUT2D eigenvalue weighted by Crippen LogP contribution is -2.39. The van der Waals surface area contributed by atoms with Crippen molar-refractivity contribution in [3.05, 3.63) is 58.7 Å². The molecule has 0 N–H and O–H groups in total. The molecule has 0 spiro atoms. The van der Waals surface area contributed by atoms with Gasteiger partial charge < -0.3 is 4.52 Å². The van der Waals surface area contributed by atoms with Crippen LogP contribution in [0.4, 0.5) is 0 Å². The lowest BCUT2D eigenvalue weighted by atomic mass is 9.97. The van der Waals surface area contributed by atoms with Crippen LogP contribution in [-0.4, -0.2) is 27.6 Å². The number of nitrogens with zero attached hydrogens (tertiary/aromatic N) is 3. The number of rotatable bonds is 6. The van der Waals surface area contributed by atoms with Gasteiger partial charge in [0.1, 0.15) is 5.69 Å². The number of hydrogen-bond acceptors (Lipinski definition) is 5. The summed E-state index contributed by atoms with van der Waals surface area (Å²) in [6.07, 6.45) is 9.88. The molecular formula is C20H23N3OS. The number of thiophene rings is 1. The smallest absolute Gasteiger partial charge is 0.151 e. The van der Waals surface area contributed by atoms with E-state index in [2.05, 4.69) is 38.6 Å². The van der Waals surface area contributed by atoms with Crippen LogP contribution in [0.2, 0.25) is 0 Å². The van der Waals surface area contributed by atoms with Gasteiger partial charge in [-0.15, -0.1) is 11.3 Å². The van der Waals surface area contributed by atoms with Gasteiger partial charge in [0, 0.05) is 34.9 Å². The first-order valence-corrected chi connectivity index (χ1v) is 9.89. The summed E-state index contributed by atoms with van der Waals surface area (Å²) in [7, 11) is 0. The van der Waals surface area contributed by atoms with Crippen molar-refractivity contribution in [2.75, 3.05) is 6.54 Å². The van der Waals surface area contributed by atoms with Crippen molar-refractivity contribution < 1.29 is 4.52 Å². The second-order valence-corrected chi connectivity index (χ2v) is 7.68. The second-order valence-electron chi connectivity index (χ2n) is 6.65. The Kier molecular flexibility index (Phi) is 5.23. The topological polar surface area (TPSA) is 42.2 Å². The van der Waals surface area contributed by atoms with E-state index in [4.69, 9.17) is 4.52 Å². The molecule has 3 aromatic rings. The average Bonchev–Trinajstić information content (AvgIpc) is 3.34. The Bertz CT molecular complexity index is 769. The van der Waals surface area contributed by atoms with Crippen LogP contribution >= 0.6 is 11.3 Å². The first-order chi connectivity index (χ1) is 12.4. The largest absolute Gasteiger partial charge is 0.359 e. The quantitative estimate of drug-likeness (QED) is 0.639. The summed E-state index contributed by atoms with van der Waals surface area (Å²) < 4.78 is 5.61. The van der Waals surface area contributed by atoms with Crippen LogP contribution in [0.5, 0.6) is 0 Å². The number of hydrogen-bond donors (Lipinski definition) is 0. The lowest BCUT2D eigenvalue weighted by molar-refractivity contribution is 0.119. The Morgan fingerprint density at radius 3 is 2.96 bits per heavy atom. The van der Waals surface area contributed by atoms with Gasteiger partial charge in [-0.05, 0) is 55.8 Å². The van der Waals surface area contributed by atoms with Gasteiger partial charge in [0.2, 0.25) is 0 Å². The highest BCUT2D eigenvalue weighted by Gasteiger charge is 2.23. The van der Waals surface area contributed by atoms with E-state index in [0.29, 0.717) is 6.04 Å². The summed E-state index contributed by atoms with van der Waals surface area (Å²) >= 11 is 1.87. The summed E-state index contributed by atoms with van der Waals surface area (Å²) in [5.74, 6) is 0.954. The summed E-state index contributed by atoms with van der Waals surface area (Å²) in [4.78, 5) is 8.13. The fourth-order valence-electron chi connectivity index (χ4n) is 3.61. The predicted molar refractivity (Wildman–Crippen MR) is 100 cm³/mol. The molecule has 1 aliphatic rings. The summed E-state index contributed by atoms with van der Waals surface area (Å²) in [6.45, 7) is 2.01. The first-order valence-electron chi connectivity index (χ1n) is 9.01. The van der Waals surface area contributed by atoms with Gasteiger partial charge in [-0.2, -0.15) is 0 Å². The zero-order valence-electron chi connectivity index (χ0n) is 14.3. The zero-order valence-corrected chi connectivity index (χ0v) is 15.1. The maximum absolute atomic E-state index is 5.61. The molecule has 0 aromatic carbocycles. The van der Waals surface area contributed by atoms with Crippen molar-refractivity contribution in [3.8, 4) is 11.3 Å². The molecule has 0 radical (unpaired) electrons. The molecule has 4 nitrogen and oxygen atoms in total. The Labute approximate surface area is 152 Å². The second kappa shape index (κ2) is 7.93. The summed E-state index contributed by atoms with van der Waals surface area (Å²) in [5.41, 5.74) is 1.95. The summed E-state index contributed by atoms with van der Waals surface area (Å²) in [5, 5.41) is 6.41. The van der Waals surface area contributed by atoms with Crippen molar-refractivity contribution in [1.82, 2.24) is 15.0 Å². The highest BCUT2D eigenvalue weighted by Crippen LogP contribution is 2.26. The van der Waals surface area contributed by atoms with Crippen molar-refractivity contribution >= 4 is 11.3 Å². The predicted octanol–water partition coefficient (Wildman–Crippen LogP) is 4.79. The highest BCUT2D eigenvalue weighted by molar-refractivity contribution is 7.09. The third-order valence-electron chi connectivity index (χ3n) is 4.95. The van der Waals surface area contributed by atoms with E-state index >= 15 is 0 Å². The standard InChI is InChI=1S/C20H23N3OS/c1-2-12-23(17(4-1)6-7-19-5-3-13-25-19)15-18-14-20(22-24-18)16-8-10-21-11-9-16/h3,5,8-11,13-14,17H,1-2,4,6-7,12,15H2. The van der Waals surface area contributed by atoms with Crippen LogP contribution in [0.25, 0.3) is 11.3 Å². The molecule has 3 aromatic heterocycles. The third kappa shape index (κ3) is 4.17. The minimum atomic E-state index is 0.644. The molecule has 0 aliphatic carbocycles. The molecule has 1 aliphatic heterocycles. The molecule has 4 heterocycles. The minimum Gasteiger partial charge on any atom is -0.359 e. The fraction of sp³-hybridized carbons (Fsp3) is 0.400. The van der Waals surface area contributed by atoms with Gasteiger partial charge in [-0.1, -0.05) is 17.6 Å². The number of aryl methyl sites for hydroxylation is 1. The van der Waals surface area contributed by atoms with Gasteiger partial charge in [0.15, 0.2) is 5.76 Å². The van der Waals surface area contributed by atoms with Gasteiger partial charge in [-0.3, -0.25) is 9.88 Å². The van der Waals surface area contributed by atoms with Crippen LogP contribution in [0.3, 0.4) is 0 Å². The average molecular weight is 353 g/mol. The molecule has 1 saturated heterocycles. The molecule has 25 heavy (non-hydrogen) atoms. The van der Waals surface area contributed by atoms with E-state index in [9.17, 15) is 0 Å². The molecule has 1 atom stereocenters. The van der Waals surface area contributed by atoms with E-state index in [1.807, 2.05) is 23.5 Å². The molecule has 0 saturated carbocycles. The van der Waals surface area contributed by atoms with Crippen LogP contribution < -0.4 is 0 Å². The van der Waals surface area contributed by atoms with Crippen molar-refractivity contribution in [1.29, 1.82) is 0 Å². The minimum absolute atomic E-state index is 0.644. The Morgan fingerprint density at radius 2 is 2.12 bits per heavy atom. The Morgan fingerprint density at radius 1 is 1.20 bits per heavy atom. The van der Waals surface area contributed by atoms with Crippen LogP contribution in [0.1, 0.15) is 36.3 Å². The maximum atomic E-state index is 5.61. The normalized spacial score (nSPS) is 18.5. The Hall–Kier alpha value is -1.98. The van der Waals surface area contributed by atoms with Gasteiger partial charge in [0.05, 0.1) is 6.54 Å². The van der Waals surface area contributed by atoms with E-state index in [1.165, 1.54) is 37.0 Å². The van der Waals surface area contributed by atoms with Gasteiger partial charge in [-0.25, -0.2) is 0 Å². The zero-order chi connectivity index (χ0) is 16.9. The molecule has 1 fully saturated rings. The van der Waals surface area contributed by atoms with Gasteiger partial charge in [0.25, 0.3) is 0 Å². The number of piperidine rings is 1. The van der Waals surface area contributed by atoms with Gasteiger partial charge >= 0.3 is 0 Å². The van der Waals surface area contributed by atoms with Crippen molar-refractivity contribution in [3.63, 3.8) is 0 Å². The number of likely N-dealkylation sites (tertiary alicyclic amines) is 1. The molecule has 4 rings (SSSR count).